The smallest absolute Gasteiger partial charge is 0.309 e. The maximum atomic E-state index is 12.5. The minimum absolute atomic E-state index is 0.0234. The summed E-state index contributed by atoms with van der Waals surface area (Å²) in [7, 11) is 2.79. The lowest BCUT2D eigenvalue weighted by Crippen LogP contribution is -2.29. The molecule has 31 heavy (non-hydrogen) atoms. The van der Waals surface area contributed by atoms with E-state index in [2.05, 4.69) is 0 Å². The van der Waals surface area contributed by atoms with Gasteiger partial charge in [-0.2, -0.15) is 0 Å². The minimum atomic E-state index is -0.674. The molecule has 0 aliphatic heterocycles. The van der Waals surface area contributed by atoms with E-state index in [9.17, 15) is 19.2 Å². The normalized spacial score (nSPS) is 14.6. The summed E-state index contributed by atoms with van der Waals surface area (Å²) in [6.07, 6.45) is 1.53. The fourth-order valence-corrected chi connectivity index (χ4v) is 2.83. The molecule has 4 unspecified atom stereocenters. The summed E-state index contributed by atoms with van der Waals surface area (Å²) in [5.41, 5.74) is 0. The molecule has 0 N–H and O–H groups in total. The van der Waals surface area contributed by atoms with Crippen molar-refractivity contribution in [3.63, 3.8) is 0 Å². The van der Waals surface area contributed by atoms with Gasteiger partial charge in [0.15, 0.2) is 0 Å². The molecule has 0 aromatic carbocycles. The van der Waals surface area contributed by atoms with Crippen LogP contribution in [0.2, 0.25) is 0 Å². The number of rotatable bonds is 16. The van der Waals surface area contributed by atoms with E-state index in [-0.39, 0.29) is 51.2 Å². The summed E-state index contributed by atoms with van der Waals surface area (Å²) in [6.45, 7) is 7.36. The third-order valence-electron chi connectivity index (χ3n) is 5.09. The molecule has 9 heteroatoms. The molecule has 0 rings (SSSR count). The molecule has 0 radical (unpaired) electrons. The predicted octanol–water partition coefficient (Wildman–Crippen LogP) is 2.54. The zero-order valence-electron chi connectivity index (χ0n) is 19.6. The van der Waals surface area contributed by atoms with Crippen molar-refractivity contribution in [2.45, 2.75) is 53.4 Å². The van der Waals surface area contributed by atoms with Crippen LogP contribution in [-0.4, -0.2) is 64.5 Å². The molecule has 0 saturated carbocycles. The van der Waals surface area contributed by atoms with Crippen LogP contribution in [0.1, 0.15) is 53.4 Å². The second-order valence-electron chi connectivity index (χ2n) is 7.50. The van der Waals surface area contributed by atoms with Crippen molar-refractivity contribution in [2.24, 2.45) is 23.7 Å². The number of methoxy groups -OCH3 is 2. The molecule has 0 saturated heterocycles. The van der Waals surface area contributed by atoms with E-state index < -0.39 is 35.7 Å². The van der Waals surface area contributed by atoms with Gasteiger partial charge in [-0.3, -0.25) is 19.2 Å². The van der Waals surface area contributed by atoms with Gasteiger partial charge in [-0.15, -0.1) is 0 Å². The van der Waals surface area contributed by atoms with Crippen LogP contribution < -0.4 is 0 Å². The van der Waals surface area contributed by atoms with Crippen LogP contribution in [0.15, 0.2) is 0 Å². The second-order valence-corrected chi connectivity index (χ2v) is 7.50. The van der Waals surface area contributed by atoms with Gasteiger partial charge in [0.25, 0.3) is 0 Å². The van der Waals surface area contributed by atoms with Crippen LogP contribution >= 0.6 is 0 Å². The Morgan fingerprint density at radius 2 is 1.13 bits per heavy atom. The summed E-state index contributed by atoms with van der Waals surface area (Å²) < 4.78 is 25.1. The van der Waals surface area contributed by atoms with Crippen LogP contribution in [-0.2, 0) is 42.9 Å². The lowest BCUT2D eigenvalue weighted by atomic mass is 9.86. The van der Waals surface area contributed by atoms with Crippen LogP contribution in [0.4, 0.5) is 0 Å². The highest BCUT2D eigenvalue weighted by molar-refractivity contribution is 5.77. The minimum Gasteiger partial charge on any atom is -0.469 e. The van der Waals surface area contributed by atoms with Gasteiger partial charge in [0, 0.05) is 7.11 Å². The maximum Gasteiger partial charge on any atom is 0.309 e. The van der Waals surface area contributed by atoms with Crippen molar-refractivity contribution >= 4 is 23.9 Å². The average molecular weight is 447 g/mol. The van der Waals surface area contributed by atoms with Gasteiger partial charge >= 0.3 is 23.9 Å². The number of esters is 4. The lowest BCUT2D eigenvalue weighted by Gasteiger charge is -2.22. The zero-order valence-corrected chi connectivity index (χ0v) is 19.6. The molecule has 0 heterocycles. The third-order valence-corrected chi connectivity index (χ3v) is 5.09. The Morgan fingerprint density at radius 1 is 0.613 bits per heavy atom. The van der Waals surface area contributed by atoms with E-state index in [4.69, 9.17) is 23.7 Å². The van der Waals surface area contributed by atoms with Crippen LogP contribution in [0.5, 0.6) is 0 Å². The van der Waals surface area contributed by atoms with Gasteiger partial charge in [-0.05, 0) is 25.7 Å². The van der Waals surface area contributed by atoms with Gasteiger partial charge in [0.05, 0.1) is 37.4 Å². The van der Waals surface area contributed by atoms with Crippen molar-refractivity contribution in [2.75, 3.05) is 40.6 Å². The van der Waals surface area contributed by atoms with Crippen molar-refractivity contribution in [3.8, 4) is 0 Å². The van der Waals surface area contributed by atoms with Gasteiger partial charge in [-0.25, -0.2) is 0 Å². The first-order valence-electron chi connectivity index (χ1n) is 10.8. The van der Waals surface area contributed by atoms with Gasteiger partial charge in [0.1, 0.15) is 19.8 Å². The third kappa shape index (κ3) is 11.7. The number of ether oxygens (including phenoxy) is 5. The molecule has 0 aromatic heterocycles. The molecule has 0 amide bonds. The highest BCUT2D eigenvalue weighted by Gasteiger charge is 2.31. The van der Waals surface area contributed by atoms with Crippen molar-refractivity contribution in [1.82, 2.24) is 0 Å². The maximum absolute atomic E-state index is 12.5. The Kier molecular flexibility index (Phi) is 15.4. The molecule has 0 aliphatic rings. The van der Waals surface area contributed by atoms with Crippen molar-refractivity contribution in [3.05, 3.63) is 0 Å². The van der Waals surface area contributed by atoms with E-state index >= 15 is 0 Å². The Balaban J connectivity index is 4.82. The number of carbonyl (C=O) groups excluding carboxylic acids is 4. The molecule has 9 nitrogen and oxygen atoms in total. The zero-order chi connectivity index (χ0) is 23.8. The van der Waals surface area contributed by atoms with Crippen LogP contribution in [0, 0.1) is 23.7 Å². The molecule has 0 fully saturated rings. The Morgan fingerprint density at radius 3 is 1.61 bits per heavy atom. The summed E-state index contributed by atoms with van der Waals surface area (Å²) in [4.78, 5) is 48.4. The average Bonchev–Trinajstić information content (AvgIpc) is 2.77. The molecule has 0 bridgehead atoms. The Bertz CT molecular complexity index is 561. The van der Waals surface area contributed by atoms with Crippen molar-refractivity contribution < 1.29 is 42.9 Å². The Hall–Kier alpha value is -2.16. The van der Waals surface area contributed by atoms with Crippen LogP contribution in [0.25, 0.3) is 0 Å². The Labute approximate surface area is 185 Å². The van der Waals surface area contributed by atoms with Gasteiger partial charge in [0.2, 0.25) is 0 Å². The van der Waals surface area contributed by atoms with E-state index in [1.165, 1.54) is 14.2 Å². The lowest BCUT2D eigenvalue weighted by molar-refractivity contribution is -0.159. The van der Waals surface area contributed by atoms with Crippen LogP contribution in [0.3, 0.4) is 0 Å². The molecule has 0 aromatic rings. The predicted molar refractivity (Wildman–Crippen MR) is 112 cm³/mol. The molecule has 4 atom stereocenters. The fourth-order valence-electron chi connectivity index (χ4n) is 2.83. The summed E-state index contributed by atoms with van der Waals surface area (Å²) in [5, 5.41) is 0. The van der Waals surface area contributed by atoms with E-state index in [1.54, 1.807) is 13.8 Å². The standard InChI is InChI=1S/C22H38O9/c1-7-15(3)19(23)29-11-12-30-20(24)16(4)13-18(22(26)31-10-9-27-5)14-17(8-2)21(25)28-6/h15-18H,7-14H2,1-6H3. The molecular weight excluding hydrogens is 408 g/mol. The van der Waals surface area contributed by atoms with Crippen molar-refractivity contribution in [1.29, 1.82) is 0 Å². The number of carbonyl (C=O) groups is 4. The molecule has 180 valence electrons. The SMILES string of the molecule is CCC(C)C(=O)OCCOC(=O)C(C)CC(CC(CC)C(=O)OC)C(=O)OCCOC. The quantitative estimate of drug-likeness (QED) is 0.200. The fraction of sp³-hybridized carbons (Fsp3) is 0.818. The first-order valence-corrected chi connectivity index (χ1v) is 10.8. The molecular formula is C22H38O9. The summed E-state index contributed by atoms with van der Waals surface area (Å²) >= 11 is 0. The second kappa shape index (κ2) is 16.5. The molecule has 0 spiro atoms. The summed E-state index contributed by atoms with van der Waals surface area (Å²) in [6, 6.07) is 0. The van der Waals surface area contributed by atoms with E-state index in [0.29, 0.717) is 12.8 Å². The van der Waals surface area contributed by atoms with E-state index in [0.717, 1.165) is 0 Å². The first kappa shape index (κ1) is 28.8. The van der Waals surface area contributed by atoms with E-state index in [1.807, 2.05) is 13.8 Å². The van der Waals surface area contributed by atoms with Gasteiger partial charge in [-0.1, -0.05) is 27.7 Å². The largest absolute Gasteiger partial charge is 0.469 e. The first-order chi connectivity index (χ1) is 14.7. The topological polar surface area (TPSA) is 114 Å². The summed E-state index contributed by atoms with van der Waals surface area (Å²) in [5.74, 6) is -3.72. The highest BCUT2D eigenvalue weighted by Crippen LogP contribution is 2.25. The number of hydrogen-bond acceptors (Lipinski definition) is 9. The van der Waals surface area contributed by atoms with Gasteiger partial charge < -0.3 is 23.7 Å². The monoisotopic (exact) mass is 446 g/mol. The highest BCUT2D eigenvalue weighted by atomic mass is 16.6. The molecule has 0 aliphatic carbocycles. The number of hydrogen-bond donors (Lipinski definition) is 0.